The Bertz CT molecular complexity index is 941. The molecule has 8 heteroatoms. The van der Waals surface area contributed by atoms with E-state index in [1.165, 1.54) is 5.56 Å². The molecule has 2 aromatic carbocycles. The highest BCUT2D eigenvalue weighted by atomic mass is 127. The van der Waals surface area contributed by atoms with Gasteiger partial charge in [0.1, 0.15) is 0 Å². The number of ether oxygens (including phenoxy) is 2. The molecule has 0 aliphatic carbocycles. The smallest absolute Gasteiger partial charge is 0.251 e. The third kappa shape index (κ3) is 7.89. The molecule has 0 radical (unpaired) electrons. The zero-order valence-corrected chi connectivity index (χ0v) is 21.5. The number of amides is 1. The van der Waals surface area contributed by atoms with E-state index in [1.54, 1.807) is 0 Å². The quantitative estimate of drug-likeness (QED) is 0.276. The zero-order chi connectivity index (χ0) is 22.3. The highest BCUT2D eigenvalue weighted by molar-refractivity contribution is 14.0. The first-order chi connectivity index (χ1) is 14.8. The van der Waals surface area contributed by atoms with Crippen molar-refractivity contribution in [2.45, 2.75) is 46.2 Å². The number of fused-ring (bicyclic) bond motifs is 1. The monoisotopic (exact) mass is 552 g/mol. The first kappa shape index (κ1) is 25.8. The molecule has 1 heterocycles. The number of carbonyl (C=O) groups is 1. The average Bonchev–Trinajstić information content (AvgIpc) is 3.19. The molecule has 0 saturated heterocycles. The van der Waals surface area contributed by atoms with E-state index in [4.69, 9.17) is 9.47 Å². The normalized spacial score (nSPS) is 12.7. The lowest BCUT2D eigenvalue weighted by Gasteiger charge is -2.20. The van der Waals surface area contributed by atoms with Crippen LogP contribution in [0.2, 0.25) is 0 Å². The molecule has 1 aliphatic rings. The number of carbonyl (C=O) groups excluding carboxylic acids is 1. The van der Waals surface area contributed by atoms with Gasteiger partial charge in [0.05, 0.1) is 6.54 Å². The molecule has 0 atom stereocenters. The molecule has 0 unspecified atom stereocenters. The average molecular weight is 552 g/mol. The lowest BCUT2D eigenvalue weighted by atomic mass is 10.1. The summed E-state index contributed by atoms with van der Waals surface area (Å²) in [5.41, 5.74) is 2.52. The van der Waals surface area contributed by atoms with Gasteiger partial charge in [0, 0.05) is 24.2 Å². The molecular formula is C24H33IN4O3. The fraction of sp³-hybridized carbons (Fsp3) is 0.417. The summed E-state index contributed by atoms with van der Waals surface area (Å²) in [6, 6.07) is 13.6. The second kappa shape index (κ2) is 11.9. The number of hydrogen-bond acceptors (Lipinski definition) is 4. The van der Waals surface area contributed by atoms with Crippen LogP contribution in [0.4, 0.5) is 0 Å². The minimum absolute atomic E-state index is 0. The number of halogens is 1. The van der Waals surface area contributed by atoms with Crippen LogP contribution < -0.4 is 25.4 Å². The largest absolute Gasteiger partial charge is 0.454 e. The Balaban J connectivity index is 0.00000363. The maximum absolute atomic E-state index is 12.4. The summed E-state index contributed by atoms with van der Waals surface area (Å²) in [6.45, 7) is 10.2. The Morgan fingerprint density at radius 3 is 2.56 bits per heavy atom. The fourth-order valence-electron chi connectivity index (χ4n) is 3.16. The van der Waals surface area contributed by atoms with Crippen LogP contribution in [0, 0.1) is 0 Å². The lowest BCUT2D eigenvalue weighted by molar-refractivity contribution is 0.0919. The van der Waals surface area contributed by atoms with Gasteiger partial charge < -0.3 is 25.4 Å². The first-order valence-corrected chi connectivity index (χ1v) is 10.7. The standard InChI is InChI=1S/C24H32N4O3.HI/c1-5-25-23(26-12-11-17-9-10-20-21(14-17)31-16-30-20)27-15-18-7-6-8-19(13-18)22(29)28-24(2,3)4;/h6-10,13-14H,5,11-12,15-16H2,1-4H3,(H,28,29)(H2,25,26,27);1H. The van der Waals surface area contributed by atoms with E-state index in [-0.39, 0.29) is 42.2 Å². The zero-order valence-electron chi connectivity index (χ0n) is 19.2. The molecule has 174 valence electrons. The summed E-state index contributed by atoms with van der Waals surface area (Å²) < 4.78 is 10.8. The van der Waals surface area contributed by atoms with Crippen LogP contribution in [0.5, 0.6) is 11.5 Å². The van der Waals surface area contributed by atoms with E-state index in [0.29, 0.717) is 12.1 Å². The van der Waals surface area contributed by atoms with Crippen LogP contribution >= 0.6 is 24.0 Å². The molecule has 7 nitrogen and oxygen atoms in total. The van der Waals surface area contributed by atoms with Crippen LogP contribution in [-0.2, 0) is 13.0 Å². The number of nitrogens with one attached hydrogen (secondary N) is 3. The minimum Gasteiger partial charge on any atom is -0.454 e. The van der Waals surface area contributed by atoms with Crippen molar-refractivity contribution in [2.75, 3.05) is 19.9 Å². The van der Waals surface area contributed by atoms with Gasteiger partial charge in [0.25, 0.3) is 5.91 Å². The number of hydrogen-bond donors (Lipinski definition) is 3. The summed E-state index contributed by atoms with van der Waals surface area (Å²) >= 11 is 0. The van der Waals surface area contributed by atoms with Crippen LogP contribution in [0.1, 0.15) is 49.2 Å². The third-order valence-corrected chi connectivity index (χ3v) is 4.58. The van der Waals surface area contributed by atoms with Gasteiger partial charge in [0.2, 0.25) is 6.79 Å². The summed E-state index contributed by atoms with van der Waals surface area (Å²) in [5, 5.41) is 9.62. The molecule has 1 aliphatic heterocycles. The third-order valence-electron chi connectivity index (χ3n) is 4.58. The van der Waals surface area contributed by atoms with E-state index in [2.05, 4.69) is 20.9 Å². The van der Waals surface area contributed by atoms with E-state index in [1.807, 2.05) is 70.2 Å². The van der Waals surface area contributed by atoms with Gasteiger partial charge in [-0.15, -0.1) is 24.0 Å². The molecule has 2 aromatic rings. The minimum atomic E-state index is -0.272. The maximum Gasteiger partial charge on any atom is 0.251 e. The molecule has 0 saturated carbocycles. The van der Waals surface area contributed by atoms with Gasteiger partial charge in [-0.1, -0.05) is 18.2 Å². The Morgan fingerprint density at radius 2 is 1.81 bits per heavy atom. The first-order valence-electron chi connectivity index (χ1n) is 10.7. The van der Waals surface area contributed by atoms with Gasteiger partial charge in [-0.05, 0) is 69.5 Å². The second-order valence-electron chi connectivity index (χ2n) is 8.46. The number of benzene rings is 2. The van der Waals surface area contributed by atoms with E-state index < -0.39 is 0 Å². The van der Waals surface area contributed by atoms with Crippen LogP contribution in [0.25, 0.3) is 0 Å². The Hall–Kier alpha value is -2.49. The number of rotatable bonds is 7. The Labute approximate surface area is 207 Å². The Morgan fingerprint density at radius 1 is 1.03 bits per heavy atom. The van der Waals surface area contributed by atoms with Crippen molar-refractivity contribution >= 4 is 35.8 Å². The van der Waals surface area contributed by atoms with Crippen molar-refractivity contribution in [1.82, 2.24) is 16.0 Å². The van der Waals surface area contributed by atoms with E-state index in [0.717, 1.165) is 42.5 Å². The van der Waals surface area contributed by atoms with Gasteiger partial charge in [-0.3, -0.25) is 4.79 Å². The second-order valence-corrected chi connectivity index (χ2v) is 8.46. The molecule has 0 fully saturated rings. The predicted octanol–water partition coefficient (Wildman–Crippen LogP) is 3.86. The topological polar surface area (TPSA) is 84.0 Å². The van der Waals surface area contributed by atoms with Crippen molar-refractivity contribution in [1.29, 1.82) is 0 Å². The Kier molecular flexibility index (Phi) is 9.61. The molecule has 0 spiro atoms. The highest BCUT2D eigenvalue weighted by Crippen LogP contribution is 2.32. The van der Waals surface area contributed by atoms with Crippen molar-refractivity contribution in [2.24, 2.45) is 4.99 Å². The summed E-state index contributed by atoms with van der Waals surface area (Å²) in [5.74, 6) is 2.26. The summed E-state index contributed by atoms with van der Waals surface area (Å²) in [4.78, 5) is 17.1. The molecule has 3 rings (SSSR count). The van der Waals surface area contributed by atoms with Gasteiger partial charge >= 0.3 is 0 Å². The van der Waals surface area contributed by atoms with Crippen LogP contribution in [-0.4, -0.2) is 37.3 Å². The number of guanidine groups is 1. The number of aliphatic imine (C=N–C) groups is 1. The van der Waals surface area contributed by atoms with Gasteiger partial charge in [0.15, 0.2) is 17.5 Å². The summed E-state index contributed by atoms with van der Waals surface area (Å²) in [6.07, 6.45) is 0.837. The fourth-order valence-corrected chi connectivity index (χ4v) is 3.16. The maximum atomic E-state index is 12.4. The summed E-state index contributed by atoms with van der Waals surface area (Å²) in [7, 11) is 0. The van der Waals surface area contributed by atoms with Gasteiger partial charge in [-0.25, -0.2) is 4.99 Å². The van der Waals surface area contributed by atoms with Crippen molar-refractivity contribution in [3.05, 3.63) is 59.2 Å². The highest BCUT2D eigenvalue weighted by Gasteiger charge is 2.15. The lowest BCUT2D eigenvalue weighted by Crippen LogP contribution is -2.40. The van der Waals surface area contributed by atoms with E-state index >= 15 is 0 Å². The van der Waals surface area contributed by atoms with Crippen molar-refractivity contribution in [3.8, 4) is 11.5 Å². The molecular weight excluding hydrogens is 519 g/mol. The van der Waals surface area contributed by atoms with E-state index in [9.17, 15) is 4.79 Å². The molecule has 32 heavy (non-hydrogen) atoms. The van der Waals surface area contributed by atoms with Crippen LogP contribution in [0.3, 0.4) is 0 Å². The molecule has 3 N–H and O–H groups in total. The molecule has 0 bridgehead atoms. The van der Waals surface area contributed by atoms with Gasteiger partial charge in [-0.2, -0.15) is 0 Å². The number of nitrogens with zero attached hydrogens (tertiary/aromatic N) is 1. The van der Waals surface area contributed by atoms with Crippen LogP contribution in [0.15, 0.2) is 47.5 Å². The predicted molar refractivity (Wildman–Crippen MR) is 138 cm³/mol. The SMILES string of the molecule is CCNC(=NCc1cccc(C(=O)NC(C)(C)C)c1)NCCc1ccc2c(c1)OCO2.I. The molecule has 0 aromatic heterocycles. The van der Waals surface area contributed by atoms with Crippen molar-refractivity contribution in [3.63, 3.8) is 0 Å². The molecule has 1 amide bonds. The van der Waals surface area contributed by atoms with Crippen molar-refractivity contribution < 1.29 is 14.3 Å².